The van der Waals surface area contributed by atoms with Gasteiger partial charge in [-0.3, -0.25) is 4.79 Å². The second-order valence-corrected chi connectivity index (χ2v) is 8.38. The van der Waals surface area contributed by atoms with Crippen molar-refractivity contribution in [3.05, 3.63) is 82.1 Å². The standard InChI is InChI=1S/C23H24BrN3O/c1-17-18(16-27(26-17)21-7-3-2-4-8-21)6-5-15-25-22(28)23(13-14-23)19-9-11-20(24)12-10-19/h2-4,7-12,16H,5-6,13-15H2,1H3,(H,25,28). The molecule has 0 bridgehead atoms. The molecule has 1 aliphatic carbocycles. The summed E-state index contributed by atoms with van der Waals surface area (Å²) in [5, 5.41) is 7.77. The molecule has 1 N–H and O–H groups in total. The van der Waals surface area contributed by atoms with Crippen molar-refractivity contribution >= 4 is 21.8 Å². The van der Waals surface area contributed by atoms with E-state index in [1.165, 1.54) is 5.56 Å². The Bertz CT molecular complexity index is 959. The van der Waals surface area contributed by atoms with E-state index in [0.29, 0.717) is 6.54 Å². The molecule has 1 aromatic heterocycles. The quantitative estimate of drug-likeness (QED) is 0.543. The van der Waals surface area contributed by atoms with Gasteiger partial charge in [0.1, 0.15) is 0 Å². The minimum Gasteiger partial charge on any atom is -0.355 e. The summed E-state index contributed by atoms with van der Waals surface area (Å²) >= 11 is 3.46. The maximum absolute atomic E-state index is 12.7. The lowest BCUT2D eigenvalue weighted by Crippen LogP contribution is -2.35. The number of amides is 1. The van der Waals surface area contributed by atoms with Crippen LogP contribution in [-0.2, 0) is 16.6 Å². The van der Waals surface area contributed by atoms with E-state index in [2.05, 4.69) is 44.7 Å². The Kier molecular flexibility index (Phi) is 5.36. The van der Waals surface area contributed by atoms with Crippen LogP contribution in [0.15, 0.2) is 65.3 Å². The molecule has 4 nitrogen and oxygen atoms in total. The Labute approximate surface area is 174 Å². The van der Waals surface area contributed by atoms with Crippen molar-refractivity contribution < 1.29 is 4.79 Å². The van der Waals surface area contributed by atoms with Gasteiger partial charge in [-0.25, -0.2) is 4.68 Å². The average molecular weight is 438 g/mol. The largest absolute Gasteiger partial charge is 0.355 e. The van der Waals surface area contributed by atoms with Crippen molar-refractivity contribution in [2.75, 3.05) is 6.54 Å². The number of halogens is 1. The molecule has 2 aromatic carbocycles. The predicted octanol–water partition coefficient (Wildman–Crippen LogP) is 4.72. The smallest absolute Gasteiger partial charge is 0.230 e. The van der Waals surface area contributed by atoms with Crippen LogP contribution in [0.2, 0.25) is 0 Å². The van der Waals surface area contributed by atoms with E-state index in [-0.39, 0.29) is 11.3 Å². The van der Waals surface area contributed by atoms with Gasteiger partial charge in [-0.1, -0.05) is 46.3 Å². The van der Waals surface area contributed by atoms with Crippen molar-refractivity contribution in [1.29, 1.82) is 0 Å². The molecule has 0 spiro atoms. The number of carbonyl (C=O) groups is 1. The predicted molar refractivity (Wildman–Crippen MR) is 115 cm³/mol. The molecule has 1 heterocycles. The normalized spacial score (nSPS) is 14.6. The molecule has 4 rings (SSSR count). The number of aryl methyl sites for hydroxylation is 2. The van der Waals surface area contributed by atoms with E-state index in [1.807, 2.05) is 54.1 Å². The van der Waals surface area contributed by atoms with Gasteiger partial charge in [-0.15, -0.1) is 0 Å². The van der Waals surface area contributed by atoms with Gasteiger partial charge in [0, 0.05) is 17.2 Å². The third-order valence-electron chi connectivity index (χ3n) is 5.51. The van der Waals surface area contributed by atoms with Crippen molar-refractivity contribution in [2.24, 2.45) is 0 Å². The molecule has 144 valence electrons. The minimum absolute atomic E-state index is 0.159. The lowest BCUT2D eigenvalue weighted by Gasteiger charge is -2.16. The molecule has 0 unspecified atom stereocenters. The summed E-state index contributed by atoms with van der Waals surface area (Å²) in [6, 6.07) is 18.3. The Morgan fingerprint density at radius 2 is 1.86 bits per heavy atom. The molecule has 0 atom stereocenters. The lowest BCUT2D eigenvalue weighted by atomic mass is 9.95. The second-order valence-electron chi connectivity index (χ2n) is 7.47. The molecule has 0 radical (unpaired) electrons. The molecule has 1 amide bonds. The average Bonchev–Trinajstić information content (AvgIpc) is 3.44. The highest BCUT2D eigenvalue weighted by Crippen LogP contribution is 2.48. The maximum Gasteiger partial charge on any atom is 0.230 e. The Morgan fingerprint density at radius 3 is 2.54 bits per heavy atom. The van der Waals surface area contributed by atoms with E-state index >= 15 is 0 Å². The second kappa shape index (κ2) is 7.92. The minimum atomic E-state index is -0.311. The third kappa shape index (κ3) is 3.90. The Balaban J connectivity index is 1.31. The first-order chi connectivity index (χ1) is 13.6. The van der Waals surface area contributed by atoms with Crippen LogP contribution in [-0.4, -0.2) is 22.2 Å². The molecule has 0 saturated heterocycles. The van der Waals surface area contributed by atoms with Crippen LogP contribution in [0.3, 0.4) is 0 Å². The number of rotatable bonds is 7. The number of nitrogens with zero attached hydrogens (tertiary/aromatic N) is 2. The molecule has 1 aliphatic rings. The lowest BCUT2D eigenvalue weighted by molar-refractivity contribution is -0.123. The van der Waals surface area contributed by atoms with Crippen molar-refractivity contribution in [1.82, 2.24) is 15.1 Å². The van der Waals surface area contributed by atoms with Crippen LogP contribution in [0.1, 0.15) is 36.1 Å². The summed E-state index contributed by atoms with van der Waals surface area (Å²) in [5.41, 5.74) is 4.15. The van der Waals surface area contributed by atoms with Gasteiger partial charge >= 0.3 is 0 Å². The van der Waals surface area contributed by atoms with Gasteiger partial charge in [-0.2, -0.15) is 5.10 Å². The topological polar surface area (TPSA) is 46.9 Å². The van der Waals surface area contributed by atoms with Gasteiger partial charge < -0.3 is 5.32 Å². The van der Waals surface area contributed by atoms with Crippen LogP contribution in [0.5, 0.6) is 0 Å². The number of aromatic nitrogens is 2. The highest BCUT2D eigenvalue weighted by atomic mass is 79.9. The monoisotopic (exact) mass is 437 g/mol. The summed E-state index contributed by atoms with van der Waals surface area (Å²) in [7, 11) is 0. The van der Waals surface area contributed by atoms with Crippen LogP contribution < -0.4 is 5.32 Å². The summed E-state index contributed by atoms with van der Waals surface area (Å²) in [5.74, 6) is 0.159. The number of hydrogen-bond acceptors (Lipinski definition) is 2. The number of hydrogen-bond donors (Lipinski definition) is 1. The first-order valence-corrected chi connectivity index (χ1v) is 10.5. The molecular weight excluding hydrogens is 414 g/mol. The molecule has 28 heavy (non-hydrogen) atoms. The fourth-order valence-electron chi connectivity index (χ4n) is 3.64. The zero-order chi connectivity index (χ0) is 19.6. The van der Waals surface area contributed by atoms with Crippen molar-refractivity contribution in [3.8, 4) is 5.69 Å². The first-order valence-electron chi connectivity index (χ1n) is 9.73. The number of benzene rings is 2. The first kappa shape index (κ1) is 18.9. The summed E-state index contributed by atoms with van der Waals surface area (Å²) in [6.07, 6.45) is 5.78. The highest BCUT2D eigenvalue weighted by Gasteiger charge is 2.50. The number of nitrogens with one attached hydrogen (secondary N) is 1. The molecule has 1 fully saturated rings. The molecule has 0 aliphatic heterocycles. The van der Waals surface area contributed by atoms with E-state index in [1.54, 1.807) is 0 Å². The maximum atomic E-state index is 12.7. The van der Waals surface area contributed by atoms with E-state index < -0.39 is 0 Å². The summed E-state index contributed by atoms with van der Waals surface area (Å²) in [4.78, 5) is 12.7. The fourth-order valence-corrected chi connectivity index (χ4v) is 3.91. The summed E-state index contributed by atoms with van der Waals surface area (Å²) in [6.45, 7) is 2.73. The number of carbonyl (C=O) groups excluding carboxylic acids is 1. The van der Waals surface area contributed by atoms with E-state index in [9.17, 15) is 4.79 Å². The highest BCUT2D eigenvalue weighted by molar-refractivity contribution is 9.10. The van der Waals surface area contributed by atoms with Gasteiger partial charge in [0.2, 0.25) is 5.91 Å². The van der Waals surface area contributed by atoms with Crippen molar-refractivity contribution in [2.45, 2.75) is 38.0 Å². The Morgan fingerprint density at radius 1 is 1.14 bits per heavy atom. The molecular formula is C23H24BrN3O. The van der Waals surface area contributed by atoms with Gasteiger partial charge in [0.25, 0.3) is 0 Å². The van der Waals surface area contributed by atoms with Gasteiger partial charge in [0.15, 0.2) is 0 Å². The fraction of sp³-hybridized carbons (Fsp3) is 0.304. The molecule has 5 heteroatoms. The number of para-hydroxylation sites is 1. The van der Waals surface area contributed by atoms with Crippen molar-refractivity contribution in [3.63, 3.8) is 0 Å². The van der Waals surface area contributed by atoms with Crippen LogP contribution in [0.4, 0.5) is 0 Å². The van der Waals surface area contributed by atoms with Gasteiger partial charge in [-0.05, 0) is 68.0 Å². The van der Waals surface area contributed by atoms with E-state index in [4.69, 9.17) is 0 Å². The van der Waals surface area contributed by atoms with Crippen LogP contribution >= 0.6 is 15.9 Å². The van der Waals surface area contributed by atoms with E-state index in [0.717, 1.165) is 47.1 Å². The van der Waals surface area contributed by atoms with Gasteiger partial charge in [0.05, 0.1) is 16.8 Å². The van der Waals surface area contributed by atoms with Crippen LogP contribution in [0, 0.1) is 6.92 Å². The zero-order valence-electron chi connectivity index (χ0n) is 16.0. The Hall–Kier alpha value is -2.40. The third-order valence-corrected chi connectivity index (χ3v) is 6.04. The van der Waals surface area contributed by atoms with Crippen LogP contribution in [0.25, 0.3) is 5.69 Å². The zero-order valence-corrected chi connectivity index (χ0v) is 17.6. The molecule has 1 saturated carbocycles. The summed E-state index contributed by atoms with van der Waals surface area (Å²) < 4.78 is 2.97. The molecule has 3 aromatic rings. The SMILES string of the molecule is Cc1nn(-c2ccccc2)cc1CCCNC(=O)C1(c2ccc(Br)cc2)CC1.